The molecule has 0 saturated carbocycles. The van der Waals surface area contributed by atoms with Gasteiger partial charge in [0.1, 0.15) is 5.75 Å². The van der Waals surface area contributed by atoms with Gasteiger partial charge in [0.2, 0.25) is 5.91 Å². The molecule has 0 saturated heterocycles. The number of hydrogen-bond donors (Lipinski definition) is 2. The molecule has 1 amide bonds. The van der Waals surface area contributed by atoms with Crippen molar-refractivity contribution < 1.29 is 9.90 Å². The lowest BCUT2D eigenvalue weighted by Crippen LogP contribution is -2.28. The molecule has 110 valence electrons. The molecule has 2 aromatic carbocycles. The first-order chi connectivity index (χ1) is 9.95. The quantitative estimate of drug-likeness (QED) is 0.848. The van der Waals surface area contributed by atoms with Crippen LogP contribution in [0.15, 0.2) is 46.9 Å². The number of hydrogen-bond acceptors (Lipinski definition) is 2. The molecule has 0 fully saturated rings. The number of carbonyl (C=O) groups is 1. The van der Waals surface area contributed by atoms with E-state index in [1.54, 1.807) is 24.3 Å². The van der Waals surface area contributed by atoms with E-state index in [0.29, 0.717) is 5.02 Å². The maximum absolute atomic E-state index is 12.0. The number of carbonyl (C=O) groups excluding carboxylic acids is 1. The zero-order valence-corrected chi connectivity index (χ0v) is 13.8. The zero-order chi connectivity index (χ0) is 15.4. The van der Waals surface area contributed by atoms with Crippen molar-refractivity contribution >= 4 is 33.4 Å². The predicted octanol–water partition coefficient (Wildman–Crippen LogP) is 4.23. The van der Waals surface area contributed by atoms with E-state index >= 15 is 0 Å². The molecule has 2 rings (SSSR count). The van der Waals surface area contributed by atoms with Crippen molar-refractivity contribution in [1.29, 1.82) is 0 Å². The Labute approximate surface area is 137 Å². The molecular formula is C16H15BrClNO2. The fraction of sp³-hybridized carbons (Fsp3) is 0.188. The van der Waals surface area contributed by atoms with Crippen molar-refractivity contribution in [3.63, 3.8) is 0 Å². The van der Waals surface area contributed by atoms with Crippen molar-refractivity contribution in [2.24, 2.45) is 0 Å². The van der Waals surface area contributed by atoms with E-state index in [4.69, 9.17) is 11.6 Å². The number of halogens is 2. The van der Waals surface area contributed by atoms with Gasteiger partial charge in [0.15, 0.2) is 0 Å². The lowest BCUT2D eigenvalue weighted by molar-refractivity contribution is -0.121. The molecule has 1 atom stereocenters. The summed E-state index contributed by atoms with van der Waals surface area (Å²) in [4.78, 5) is 12.0. The SMILES string of the molecule is CC(NC(=O)Cc1ccc(Br)c(Cl)c1)c1cccc(O)c1. The van der Waals surface area contributed by atoms with Gasteiger partial charge in [-0.05, 0) is 58.2 Å². The smallest absolute Gasteiger partial charge is 0.224 e. The summed E-state index contributed by atoms with van der Waals surface area (Å²) < 4.78 is 0.807. The van der Waals surface area contributed by atoms with Crippen LogP contribution >= 0.6 is 27.5 Å². The number of phenols is 1. The number of aromatic hydroxyl groups is 1. The lowest BCUT2D eigenvalue weighted by Gasteiger charge is -2.14. The molecule has 21 heavy (non-hydrogen) atoms. The third-order valence-corrected chi connectivity index (χ3v) is 4.33. The largest absolute Gasteiger partial charge is 0.508 e. The number of amides is 1. The van der Waals surface area contributed by atoms with E-state index in [0.717, 1.165) is 15.6 Å². The lowest BCUT2D eigenvalue weighted by atomic mass is 10.1. The Morgan fingerprint density at radius 1 is 1.33 bits per heavy atom. The Balaban J connectivity index is 1.99. The minimum Gasteiger partial charge on any atom is -0.508 e. The minimum atomic E-state index is -0.171. The molecule has 0 aromatic heterocycles. The van der Waals surface area contributed by atoms with Crippen molar-refractivity contribution in [1.82, 2.24) is 5.32 Å². The fourth-order valence-corrected chi connectivity index (χ4v) is 2.45. The molecule has 0 heterocycles. The second kappa shape index (κ2) is 6.96. The highest BCUT2D eigenvalue weighted by atomic mass is 79.9. The number of phenolic OH excluding ortho intramolecular Hbond substituents is 1. The zero-order valence-electron chi connectivity index (χ0n) is 11.4. The maximum atomic E-state index is 12.0. The number of benzene rings is 2. The van der Waals surface area contributed by atoms with Gasteiger partial charge in [0.05, 0.1) is 17.5 Å². The van der Waals surface area contributed by atoms with Crippen LogP contribution in [-0.2, 0) is 11.2 Å². The van der Waals surface area contributed by atoms with E-state index in [2.05, 4.69) is 21.2 Å². The van der Waals surface area contributed by atoms with Crippen LogP contribution in [0.2, 0.25) is 5.02 Å². The van der Waals surface area contributed by atoms with Gasteiger partial charge in [0.25, 0.3) is 0 Å². The summed E-state index contributed by atoms with van der Waals surface area (Å²) in [6.45, 7) is 1.88. The average molecular weight is 369 g/mol. The van der Waals surface area contributed by atoms with Gasteiger partial charge in [-0.25, -0.2) is 0 Å². The van der Waals surface area contributed by atoms with Crippen LogP contribution in [0.25, 0.3) is 0 Å². The summed E-state index contributed by atoms with van der Waals surface area (Å²) in [6.07, 6.45) is 0.260. The molecular weight excluding hydrogens is 354 g/mol. The van der Waals surface area contributed by atoms with Crippen LogP contribution in [0.4, 0.5) is 0 Å². The van der Waals surface area contributed by atoms with Crippen LogP contribution < -0.4 is 5.32 Å². The van der Waals surface area contributed by atoms with E-state index in [1.165, 1.54) is 0 Å². The van der Waals surface area contributed by atoms with Gasteiger partial charge in [-0.15, -0.1) is 0 Å². The molecule has 0 aliphatic heterocycles. The first-order valence-corrected chi connectivity index (χ1v) is 7.65. The highest BCUT2D eigenvalue weighted by Crippen LogP contribution is 2.23. The van der Waals surface area contributed by atoms with Crippen molar-refractivity contribution in [3.8, 4) is 5.75 Å². The molecule has 0 aliphatic carbocycles. The van der Waals surface area contributed by atoms with Gasteiger partial charge >= 0.3 is 0 Å². The average Bonchev–Trinajstić information content (AvgIpc) is 2.43. The summed E-state index contributed by atoms with van der Waals surface area (Å²) in [6, 6.07) is 12.1. The van der Waals surface area contributed by atoms with Crippen LogP contribution in [-0.4, -0.2) is 11.0 Å². The van der Waals surface area contributed by atoms with Crippen LogP contribution in [0.1, 0.15) is 24.1 Å². The summed E-state index contributed by atoms with van der Waals surface area (Å²) in [7, 11) is 0. The second-order valence-corrected chi connectivity index (χ2v) is 6.07. The van der Waals surface area contributed by atoms with Crippen molar-refractivity contribution in [3.05, 3.63) is 63.1 Å². The van der Waals surface area contributed by atoms with Crippen molar-refractivity contribution in [2.45, 2.75) is 19.4 Å². The summed E-state index contributed by atoms with van der Waals surface area (Å²) in [5.41, 5.74) is 1.71. The standard InChI is InChI=1S/C16H15BrClNO2/c1-10(12-3-2-4-13(20)9-12)19-16(21)8-11-5-6-14(17)15(18)7-11/h2-7,9-10,20H,8H2,1H3,(H,19,21). The van der Waals surface area contributed by atoms with Gasteiger partial charge in [-0.2, -0.15) is 0 Å². The molecule has 2 N–H and O–H groups in total. The van der Waals surface area contributed by atoms with E-state index in [1.807, 2.05) is 25.1 Å². The van der Waals surface area contributed by atoms with Gasteiger partial charge < -0.3 is 10.4 Å². The van der Waals surface area contributed by atoms with E-state index in [-0.39, 0.29) is 24.1 Å². The monoisotopic (exact) mass is 367 g/mol. The van der Waals surface area contributed by atoms with Gasteiger partial charge in [0, 0.05) is 4.47 Å². The third-order valence-electron chi connectivity index (χ3n) is 3.10. The highest BCUT2D eigenvalue weighted by molar-refractivity contribution is 9.10. The Morgan fingerprint density at radius 3 is 2.76 bits per heavy atom. The van der Waals surface area contributed by atoms with Crippen LogP contribution in [0.3, 0.4) is 0 Å². The molecule has 3 nitrogen and oxygen atoms in total. The van der Waals surface area contributed by atoms with E-state index < -0.39 is 0 Å². The molecule has 0 radical (unpaired) electrons. The Bertz CT molecular complexity index is 660. The van der Waals surface area contributed by atoms with Crippen molar-refractivity contribution in [2.75, 3.05) is 0 Å². The molecule has 0 bridgehead atoms. The topological polar surface area (TPSA) is 49.3 Å². The molecule has 2 aromatic rings. The normalized spacial score (nSPS) is 12.0. The summed E-state index contributed by atoms with van der Waals surface area (Å²) in [5, 5.41) is 12.9. The third kappa shape index (κ3) is 4.48. The van der Waals surface area contributed by atoms with Crippen LogP contribution in [0.5, 0.6) is 5.75 Å². The highest BCUT2D eigenvalue weighted by Gasteiger charge is 2.11. The fourth-order valence-electron chi connectivity index (χ4n) is 2.00. The number of rotatable bonds is 4. The van der Waals surface area contributed by atoms with E-state index in [9.17, 15) is 9.90 Å². The van der Waals surface area contributed by atoms with Gasteiger partial charge in [-0.1, -0.05) is 29.8 Å². The summed E-state index contributed by atoms with van der Waals surface area (Å²) in [5.74, 6) is 0.0949. The first-order valence-electron chi connectivity index (χ1n) is 6.48. The molecule has 5 heteroatoms. The molecule has 1 unspecified atom stereocenters. The molecule has 0 spiro atoms. The maximum Gasteiger partial charge on any atom is 0.224 e. The first kappa shape index (κ1) is 15.9. The summed E-state index contributed by atoms with van der Waals surface area (Å²) >= 11 is 9.33. The second-order valence-electron chi connectivity index (χ2n) is 4.81. The Kier molecular flexibility index (Phi) is 5.26. The Hall–Kier alpha value is -1.52. The predicted molar refractivity (Wildman–Crippen MR) is 87.5 cm³/mol. The van der Waals surface area contributed by atoms with Crippen LogP contribution in [0, 0.1) is 0 Å². The minimum absolute atomic E-state index is 0.0933. The Morgan fingerprint density at radius 2 is 2.10 bits per heavy atom. The van der Waals surface area contributed by atoms with Gasteiger partial charge in [-0.3, -0.25) is 4.79 Å². The molecule has 0 aliphatic rings. The number of nitrogens with one attached hydrogen (secondary N) is 1.